The topological polar surface area (TPSA) is 59.1 Å². The summed E-state index contributed by atoms with van der Waals surface area (Å²) in [5.41, 5.74) is 1.38. The molecule has 6 heteroatoms. The minimum Gasteiger partial charge on any atom is -0.301 e. The molecule has 0 saturated carbocycles. The van der Waals surface area contributed by atoms with Crippen molar-refractivity contribution in [3.8, 4) is 0 Å². The summed E-state index contributed by atoms with van der Waals surface area (Å²) in [4.78, 5) is 29.7. The number of amides is 1. The zero-order valence-corrected chi connectivity index (χ0v) is 15.7. The summed E-state index contributed by atoms with van der Waals surface area (Å²) in [7, 11) is 0. The van der Waals surface area contributed by atoms with Gasteiger partial charge in [0.25, 0.3) is 0 Å². The molecule has 0 aliphatic carbocycles. The number of nitrogens with zero attached hydrogens (tertiary/aromatic N) is 1. The maximum atomic E-state index is 12.6. The van der Waals surface area contributed by atoms with E-state index in [1.165, 1.54) is 6.20 Å². The Bertz CT molecular complexity index is 924. The molecule has 1 atom stereocenters. The minimum absolute atomic E-state index is 0.134. The van der Waals surface area contributed by atoms with Gasteiger partial charge < -0.3 is 5.32 Å². The van der Waals surface area contributed by atoms with Gasteiger partial charge in [-0.05, 0) is 24.1 Å². The highest BCUT2D eigenvalue weighted by Gasteiger charge is 2.21. The Hall–Kier alpha value is -2.50. The fraction of sp³-hybridized carbons (Fsp3) is 0.150. The van der Waals surface area contributed by atoms with Crippen LogP contribution in [0.2, 0.25) is 5.02 Å². The molecule has 132 valence electrons. The standard InChI is InChI=1S/C20H17ClN2O2S/c1-2-14(13-8-4-3-5-9-13)19(25)23-20-22-12-17(26-20)18(24)15-10-6-7-11-16(15)21/h3-12,14H,2H2,1H3,(H,22,23,25). The van der Waals surface area contributed by atoms with Gasteiger partial charge in [-0.15, -0.1) is 0 Å². The molecular weight excluding hydrogens is 368 g/mol. The summed E-state index contributed by atoms with van der Waals surface area (Å²) in [6.45, 7) is 1.96. The molecule has 0 fully saturated rings. The van der Waals surface area contributed by atoms with Gasteiger partial charge >= 0.3 is 0 Å². The number of thiazole rings is 1. The number of rotatable bonds is 6. The average Bonchev–Trinajstić information content (AvgIpc) is 3.11. The number of halogens is 1. The van der Waals surface area contributed by atoms with Gasteiger partial charge in [0.05, 0.1) is 22.0 Å². The normalized spacial score (nSPS) is 11.8. The van der Waals surface area contributed by atoms with E-state index in [0.717, 1.165) is 16.9 Å². The second-order valence-corrected chi connectivity index (χ2v) is 7.14. The molecule has 1 amide bonds. The van der Waals surface area contributed by atoms with Crippen LogP contribution in [0.3, 0.4) is 0 Å². The second kappa shape index (κ2) is 8.25. The minimum atomic E-state index is -0.261. The van der Waals surface area contributed by atoms with Crippen LogP contribution < -0.4 is 5.32 Å². The van der Waals surface area contributed by atoms with Crippen LogP contribution >= 0.6 is 22.9 Å². The van der Waals surface area contributed by atoms with Crippen molar-refractivity contribution >= 4 is 39.8 Å². The van der Waals surface area contributed by atoms with Crippen LogP contribution in [0.5, 0.6) is 0 Å². The van der Waals surface area contributed by atoms with Crippen LogP contribution in [-0.2, 0) is 4.79 Å². The van der Waals surface area contributed by atoms with E-state index in [1.807, 2.05) is 37.3 Å². The van der Waals surface area contributed by atoms with Gasteiger partial charge in [-0.25, -0.2) is 4.98 Å². The highest BCUT2D eigenvalue weighted by atomic mass is 35.5. The fourth-order valence-electron chi connectivity index (χ4n) is 2.67. The molecule has 2 aromatic carbocycles. The number of aromatic nitrogens is 1. The third-order valence-electron chi connectivity index (χ3n) is 4.00. The molecule has 1 heterocycles. The molecule has 1 unspecified atom stereocenters. The maximum absolute atomic E-state index is 12.6. The first-order chi connectivity index (χ1) is 12.6. The predicted molar refractivity (Wildman–Crippen MR) is 105 cm³/mol. The quantitative estimate of drug-likeness (QED) is 0.597. The highest BCUT2D eigenvalue weighted by Crippen LogP contribution is 2.27. The third-order valence-corrected chi connectivity index (χ3v) is 5.25. The van der Waals surface area contributed by atoms with Gasteiger partial charge in [0, 0.05) is 5.56 Å². The number of carbonyl (C=O) groups is 2. The Morgan fingerprint density at radius 2 is 1.81 bits per heavy atom. The van der Waals surface area contributed by atoms with Crippen molar-refractivity contribution in [1.82, 2.24) is 4.98 Å². The van der Waals surface area contributed by atoms with Crippen molar-refractivity contribution in [2.45, 2.75) is 19.3 Å². The van der Waals surface area contributed by atoms with Crippen molar-refractivity contribution in [2.75, 3.05) is 5.32 Å². The number of hydrogen-bond acceptors (Lipinski definition) is 4. The van der Waals surface area contributed by atoms with E-state index in [2.05, 4.69) is 10.3 Å². The van der Waals surface area contributed by atoms with Crippen LogP contribution in [0.1, 0.15) is 40.1 Å². The zero-order valence-electron chi connectivity index (χ0n) is 14.1. The smallest absolute Gasteiger partial charge is 0.233 e. The van der Waals surface area contributed by atoms with Crippen LogP contribution in [0.25, 0.3) is 0 Å². The SMILES string of the molecule is CCC(C(=O)Nc1ncc(C(=O)c2ccccc2Cl)s1)c1ccccc1. The van der Waals surface area contributed by atoms with Crippen molar-refractivity contribution in [3.05, 3.63) is 81.8 Å². The lowest BCUT2D eigenvalue weighted by molar-refractivity contribution is -0.117. The van der Waals surface area contributed by atoms with E-state index in [9.17, 15) is 9.59 Å². The van der Waals surface area contributed by atoms with Gasteiger partial charge in [0.15, 0.2) is 5.13 Å². The van der Waals surface area contributed by atoms with E-state index in [4.69, 9.17) is 11.6 Å². The summed E-state index contributed by atoms with van der Waals surface area (Å²) in [5.74, 6) is -0.601. The Morgan fingerprint density at radius 1 is 1.12 bits per heavy atom. The van der Waals surface area contributed by atoms with Crippen LogP contribution in [-0.4, -0.2) is 16.7 Å². The van der Waals surface area contributed by atoms with E-state index in [0.29, 0.717) is 27.0 Å². The summed E-state index contributed by atoms with van der Waals surface area (Å²) in [6.07, 6.45) is 2.14. The number of anilines is 1. The molecule has 0 aliphatic rings. The first kappa shape index (κ1) is 18.3. The van der Waals surface area contributed by atoms with Crippen molar-refractivity contribution in [1.29, 1.82) is 0 Å². The molecule has 0 radical (unpaired) electrons. The molecule has 3 rings (SSSR count). The molecule has 0 aliphatic heterocycles. The van der Waals surface area contributed by atoms with E-state index >= 15 is 0 Å². The van der Waals surface area contributed by atoms with E-state index < -0.39 is 0 Å². The van der Waals surface area contributed by atoms with Crippen LogP contribution in [0.15, 0.2) is 60.8 Å². The molecule has 1 N–H and O–H groups in total. The maximum Gasteiger partial charge on any atom is 0.233 e. The first-order valence-corrected chi connectivity index (χ1v) is 9.40. The Kier molecular flexibility index (Phi) is 5.81. The van der Waals surface area contributed by atoms with Crippen LogP contribution in [0, 0.1) is 0 Å². The van der Waals surface area contributed by atoms with Gasteiger partial charge in [-0.3, -0.25) is 9.59 Å². The molecule has 0 spiro atoms. The first-order valence-electron chi connectivity index (χ1n) is 8.21. The third kappa shape index (κ3) is 4.00. The Balaban J connectivity index is 1.75. The second-order valence-electron chi connectivity index (χ2n) is 5.70. The van der Waals surface area contributed by atoms with Crippen LogP contribution in [0.4, 0.5) is 5.13 Å². The van der Waals surface area contributed by atoms with Gasteiger partial charge in [0.2, 0.25) is 11.7 Å². The summed E-state index contributed by atoms with van der Waals surface area (Å²) in [5, 5.41) is 3.61. The molecule has 0 bridgehead atoms. The van der Waals surface area contributed by atoms with Gasteiger partial charge in [-0.2, -0.15) is 0 Å². The number of nitrogens with one attached hydrogen (secondary N) is 1. The fourth-order valence-corrected chi connectivity index (χ4v) is 3.66. The molecule has 4 nitrogen and oxygen atoms in total. The van der Waals surface area contributed by atoms with Gasteiger partial charge in [-0.1, -0.05) is 72.3 Å². The predicted octanol–water partition coefficient (Wildman–Crippen LogP) is 5.16. The van der Waals surface area contributed by atoms with E-state index in [1.54, 1.807) is 24.3 Å². The monoisotopic (exact) mass is 384 g/mol. The average molecular weight is 385 g/mol. The molecular formula is C20H17ClN2O2S. The zero-order chi connectivity index (χ0) is 18.5. The number of benzene rings is 2. The lowest BCUT2D eigenvalue weighted by atomic mass is 9.96. The molecule has 0 saturated heterocycles. The Morgan fingerprint density at radius 3 is 2.50 bits per heavy atom. The van der Waals surface area contributed by atoms with Gasteiger partial charge in [0.1, 0.15) is 0 Å². The highest BCUT2D eigenvalue weighted by molar-refractivity contribution is 7.17. The van der Waals surface area contributed by atoms with Crippen molar-refractivity contribution in [3.63, 3.8) is 0 Å². The van der Waals surface area contributed by atoms with Crippen molar-refractivity contribution in [2.24, 2.45) is 0 Å². The lowest BCUT2D eigenvalue weighted by Crippen LogP contribution is -2.20. The summed E-state index contributed by atoms with van der Waals surface area (Å²) < 4.78 is 0. The lowest BCUT2D eigenvalue weighted by Gasteiger charge is -2.13. The summed E-state index contributed by atoms with van der Waals surface area (Å²) >= 11 is 7.23. The molecule has 1 aromatic heterocycles. The number of carbonyl (C=O) groups excluding carboxylic acids is 2. The largest absolute Gasteiger partial charge is 0.301 e. The molecule has 26 heavy (non-hydrogen) atoms. The number of hydrogen-bond donors (Lipinski definition) is 1. The van der Waals surface area contributed by atoms with Crippen molar-refractivity contribution < 1.29 is 9.59 Å². The van der Waals surface area contributed by atoms with E-state index in [-0.39, 0.29) is 17.6 Å². The molecule has 3 aromatic rings. The summed E-state index contributed by atoms with van der Waals surface area (Å²) in [6, 6.07) is 16.5. The Labute approximate surface area is 160 Å². The number of ketones is 1.